The number of nitrogens with one attached hydrogen (secondary N) is 1. The third-order valence-electron chi connectivity index (χ3n) is 5.44. The first kappa shape index (κ1) is 25.0. The highest BCUT2D eigenvalue weighted by Gasteiger charge is 2.27. The predicted molar refractivity (Wildman–Crippen MR) is 116 cm³/mol. The summed E-state index contributed by atoms with van der Waals surface area (Å²) in [6, 6.07) is 6.49. The quantitative estimate of drug-likeness (QED) is 0.760. The third-order valence-corrected chi connectivity index (χ3v) is 5.44. The van der Waals surface area contributed by atoms with Crippen LogP contribution in [-0.2, 0) is 0 Å². The van der Waals surface area contributed by atoms with Crippen molar-refractivity contribution in [1.82, 2.24) is 4.90 Å². The zero-order chi connectivity index (χ0) is 17.9. The molecule has 0 spiro atoms. The van der Waals surface area contributed by atoms with E-state index in [4.69, 9.17) is 5.73 Å². The van der Waals surface area contributed by atoms with Gasteiger partial charge in [0.25, 0.3) is 5.91 Å². The highest BCUT2D eigenvalue weighted by molar-refractivity contribution is 5.97. The number of rotatable bonds is 5. The maximum absolute atomic E-state index is 13.0. The summed E-state index contributed by atoms with van der Waals surface area (Å²) in [7, 11) is 0. The Bertz CT molecular complexity index is 578. The van der Waals surface area contributed by atoms with Crippen LogP contribution in [0.25, 0.3) is 0 Å². The second kappa shape index (κ2) is 11.0. The smallest absolute Gasteiger partial charge is 0.254 e. The molecular formula is C20H35Cl2N3O. The fourth-order valence-electron chi connectivity index (χ4n) is 3.23. The summed E-state index contributed by atoms with van der Waals surface area (Å²) in [5.74, 6) is 1.08. The molecule has 26 heavy (non-hydrogen) atoms. The number of nitrogens with zero attached hydrogens (tertiary/aromatic N) is 1. The molecule has 1 saturated heterocycles. The number of nitrogens with two attached hydrogens (primary N) is 1. The number of likely N-dealkylation sites (tertiary alicyclic amines) is 1. The summed E-state index contributed by atoms with van der Waals surface area (Å²) in [5, 5.41) is 3.54. The molecule has 3 atom stereocenters. The van der Waals surface area contributed by atoms with E-state index in [2.05, 4.69) is 32.2 Å². The van der Waals surface area contributed by atoms with Crippen molar-refractivity contribution >= 4 is 36.4 Å². The van der Waals surface area contributed by atoms with Crippen molar-refractivity contribution in [2.45, 2.75) is 59.5 Å². The van der Waals surface area contributed by atoms with Gasteiger partial charge < -0.3 is 16.0 Å². The van der Waals surface area contributed by atoms with Gasteiger partial charge in [0.1, 0.15) is 0 Å². The molecule has 1 aromatic carbocycles. The fourth-order valence-corrected chi connectivity index (χ4v) is 3.23. The number of hydrogen-bond donors (Lipinski definition) is 2. The molecule has 1 aromatic rings. The molecule has 3 unspecified atom stereocenters. The molecule has 2 rings (SSSR count). The van der Waals surface area contributed by atoms with E-state index in [1.54, 1.807) is 0 Å². The van der Waals surface area contributed by atoms with Crippen molar-refractivity contribution in [2.24, 2.45) is 17.6 Å². The molecule has 0 aromatic heterocycles. The average molecular weight is 404 g/mol. The first-order valence-electron chi connectivity index (χ1n) is 9.22. The van der Waals surface area contributed by atoms with E-state index >= 15 is 0 Å². The SMILES string of the molecule is Cc1c(NC(C)C(C)C)cccc1C(=O)N1CCCC(C(C)N)C1.Cl.Cl. The van der Waals surface area contributed by atoms with E-state index in [0.717, 1.165) is 42.7 Å². The van der Waals surface area contributed by atoms with Gasteiger partial charge in [0.05, 0.1) is 0 Å². The first-order chi connectivity index (χ1) is 11.3. The van der Waals surface area contributed by atoms with Crippen molar-refractivity contribution < 1.29 is 4.79 Å². The lowest BCUT2D eigenvalue weighted by Crippen LogP contribution is -2.45. The predicted octanol–water partition coefficient (Wildman–Crippen LogP) is 4.49. The lowest BCUT2D eigenvalue weighted by Gasteiger charge is -2.35. The minimum Gasteiger partial charge on any atom is -0.382 e. The molecule has 150 valence electrons. The number of anilines is 1. The highest BCUT2D eigenvalue weighted by atomic mass is 35.5. The van der Waals surface area contributed by atoms with E-state index in [-0.39, 0.29) is 36.8 Å². The Morgan fingerprint density at radius 2 is 1.88 bits per heavy atom. The molecular weight excluding hydrogens is 369 g/mol. The first-order valence-corrected chi connectivity index (χ1v) is 9.22. The topological polar surface area (TPSA) is 58.4 Å². The maximum Gasteiger partial charge on any atom is 0.254 e. The summed E-state index contributed by atoms with van der Waals surface area (Å²) < 4.78 is 0. The van der Waals surface area contributed by atoms with Crippen LogP contribution in [0.3, 0.4) is 0 Å². The van der Waals surface area contributed by atoms with Crippen LogP contribution in [0.2, 0.25) is 0 Å². The number of piperidine rings is 1. The highest BCUT2D eigenvalue weighted by Crippen LogP contribution is 2.25. The second-order valence-electron chi connectivity index (χ2n) is 7.67. The van der Waals surface area contributed by atoms with Crippen LogP contribution in [0.1, 0.15) is 56.5 Å². The van der Waals surface area contributed by atoms with Gasteiger partial charge in [0.15, 0.2) is 0 Å². The lowest BCUT2D eigenvalue weighted by atomic mass is 9.91. The Kier molecular flexibility index (Phi) is 10.6. The largest absolute Gasteiger partial charge is 0.382 e. The minimum atomic E-state index is 0. The van der Waals surface area contributed by atoms with Gasteiger partial charge in [-0.15, -0.1) is 24.8 Å². The summed E-state index contributed by atoms with van der Waals surface area (Å²) in [6.07, 6.45) is 2.16. The summed E-state index contributed by atoms with van der Waals surface area (Å²) in [5.41, 5.74) is 8.96. The molecule has 0 aliphatic carbocycles. The Morgan fingerprint density at radius 1 is 1.23 bits per heavy atom. The summed E-state index contributed by atoms with van der Waals surface area (Å²) in [6.45, 7) is 12.3. The van der Waals surface area contributed by atoms with E-state index < -0.39 is 0 Å². The van der Waals surface area contributed by atoms with Gasteiger partial charge in [-0.05, 0) is 63.1 Å². The second-order valence-corrected chi connectivity index (χ2v) is 7.67. The molecule has 0 saturated carbocycles. The number of carbonyl (C=O) groups excluding carboxylic acids is 1. The number of amides is 1. The Morgan fingerprint density at radius 3 is 2.46 bits per heavy atom. The zero-order valence-electron chi connectivity index (χ0n) is 16.6. The van der Waals surface area contributed by atoms with Crippen LogP contribution in [0.4, 0.5) is 5.69 Å². The Labute approximate surface area is 171 Å². The van der Waals surface area contributed by atoms with Crippen LogP contribution in [0, 0.1) is 18.8 Å². The van der Waals surface area contributed by atoms with Crippen LogP contribution in [-0.4, -0.2) is 36.0 Å². The molecule has 1 aliphatic rings. The van der Waals surface area contributed by atoms with E-state index in [0.29, 0.717) is 17.9 Å². The van der Waals surface area contributed by atoms with E-state index in [1.807, 2.05) is 30.9 Å². The minimum absolute atomic E-state index is 0. The average Bonchev–Trinajstić information content (AvgIpc) is 2.56. The van der Waals surface area contributed by atoms with Crippen molar-refractivity contribution in [1.29, 1.82) is 0 Å². The third kappa shape index (κ3) is 6.04. The molecule has 0 radical (unpaired) electrons. The standard InChI is InChI=1S/C20H33N3O.2ClH/c1-13(2)16(5)22-19-10-6-9-18(14(19)3)20(24)23-11-7-8-17(12-23)15(4)21;;/h6,9-10,13,15-17,22H,7-8,11-12,21H2,1-5H3;2*1H. The summed E-state index contributed by atoms with van der Waals surface area (Å²) >= 11 is 0. The molecule has 0 bridgehead atoms. The monoisotopic (exact) mass is 403 g/mol. The van der Waals surface area contributed by atoms with Gasteiger partial charge in [0, 0.05) is 36.4 Å². The van der Waals surface area contributed by atoms with Crippen molar-refractivity contribution in [3.05, 3.63) is 29.3 Å². The molecule has 4 nitrogen and oxygen atoms in total. The van der Waals surface area contributed by atoms with E-state index in [9.17, 15) is 4.79 Å². The summed E-state index contributed by atoms with van der Waals surface area (Å²) in [4.78, 5) is 15.0. The van der Waals surface area contributed by atoms with Crippen LogP contribution >= 0.6 is 24.8 Å². The molecule has 1 fully saturated rings. The number of hydrogen-bond acceptors (Lipinski definition) is 3. The van der Waals surface area contributed by atoms with Gasteiger partial charge >= 0.3 is 0 Å². The maximum atomic E-state index is 13.0. The van der Waals surface area contributed by atoms with Gasteiger partial charge in [-0.3, -0.25) is 4.79 Å². The van der Waals surface area contributed by atoms with Crippen molar-refractivity contribution in [3.8, 4) is 0 Å². The Hall–Kier alpha value is -0.970. The van der Waals surface area contributed by atoms with E-state index in [1.165, 1.54) is 0 Å². The molecule has 1 aliphatic heterocycles. The molecule has 1 amide bonds. The zero-order valence-corrected chi connectivity index (χ0v) is 18.3. The number of carbonyl (C=O) groups is 1. The van der Waals surface area contributed by atoms with Crippen molar-refractivity contribution in [3.63, 3.8) is 0 Å². The van der Waals surface area contributed by atoms with Crippen LogP contribution < -0.4 is 11.1 Å². The normalized spacial score (nSPS) is 19.2. The van der Waals surface area contributed by atoms with Gasteiger partial charge in [-0.2, -0.15) is 0 Å². The number of halogens is 2. The fraction of sp³-hybridized carbons (Fsp3) is 0.650. The van der Waals surface area contributed by atoms with Gasteiger partial charge in [0.2, 0.25) is 0 Å². The van der Waals surface area contributed by atoms with Gasteiger partial charge in [-0.1, -0.05) is 19.9 Å². The van der Waals surface area contributed by atoms with Gasteiger partial charge in [-0.25, -0.2) is 0 Å². The lowest BCUT2D eigenvalue weighted by molar-refractivity contribution is 0.0660. The van der Waals surface area contributed by atoms with Crippen molar-refractivity contribution in [2.75, 3.05) is 18.4 Å². The number of benzene rings is 1. The Balaban J connectivity index is 0.00000312. The molecule has 3 N–H and O–H groups in total. The molecule has 6 heteroatoms. The van der Waals surface area contributed by atoms with Crippen LogP contribution in [0.5, 0.6) is 0 Å². The van der Waals surface area contributed by atoms with Crippen LogP contribution in [0.15, 0.2) is 18.2 Å². The molecule has 1 heterocycles.